The summed E-state index contributed by atoms with van der Waals surface area (Å²) >= 11 is 0. The van der Waals surface area contributed by atoms with Crippen molar-refractivity contribution in [2.75, 3.05) is 0 Å². The molecular formula is C17H14IrNP. The first kappa shape index (κ1) is 15.1. The van der Waals surface area contributed by atoms with Gasteiger partial charge in [0.05, 0.1) is 5.44 Å². The molecule has 3 heteroatoms. The van der Waals surface area contributed by atoms with Crippen molar-refractivity contribution in [3.63, 3.8) is 0 Å². The third-order valence-corrected chi connectivity index (χ3v) is 5.26. The van der Waals surface area contributed by atoms with Gasteiger partial charge in [0.1, 0.15) is 0 Å². The Morgan fingerprint density at radius 3 is 1.55 bits per heavy atom. The van der Waals surface area contributed by atoms with E-state index in [4.69, 9.17) is 0 Å². The molecule has 0 saturated carbocycles. The maximum absolute atomic E-state index is 4.56. The second kappa shape index (κ2) is 7.45. The van der Waals surface area contributed by atoms with E-state index in [2.05, 4.69) is 77.8 Å². The van der Waals surface area contributed by atoms with E-state index >= 15 is 0 Å². The minimum absolute atomic E-state index is 0. The first-order valence-corrected chi connectivity index (χ1v) is 7.60. The van der Waals surface area contributed by atoms with E-state index in [1.54, 1.807) is 0 Å². The fourth-order valence-electron chi connectivity index (χ4n) is 2.05. The zero-order valence-corrected chi connectivity index (χ0v) is 14.1. The van der Waals surface area contributed by atoms with Crippen molar-refractivity contribution < 1.29 is 20.1 Å². The summed E-state index contributed by atoms with van der Waals surface area (Å²) in [6, 6.07) is 27.4. The van der Waals surface area contributed by atoms with E-state index in [1.165, 1.54) is 10.6 Å². The third-order valence-electron chi connectivity index (χ3n) is 2.91. The molecule has 0 bridgehead atoms. The topological polar surface area (TPSA) is 12.9 Å². The molecule has 20 heavy (non-hydrogen) atoms. The van der Waals surface area contributed by atoms with Gasteiger partial charge in [0, 0.05) is 34.2 Å². The fraction of sp³-hybridized carbons (Fsp3) is 0. The first-order chi connectivity index (χ1) is 9.45. The Morgan fingerprint density at radius 2 is 1.10 bits per heavy atom. The molecule has 0 fully saturated rings. The van der Waals surface area contributed by atoms with Gasteiger partial charge in [0.2, 0.25) is 0 Å². The van der Waals surface area contributed by atoms with Crippen LogP contribution >= 0.6 is 7.92 Å². The van der Waals surface area contributed by atoms with Crippen LogP contribution in [0.2, 0.25) is 0 Å². The van der Waals surface area contributed by atoms with Gasteiger partial charge < -0.3 is 0 Å². The SMILES string of the molecule is [Ir].c1ccc(P(c2ccccc2)c2ccccn2)cc1. The molecule has 0 aliphatic rings. The van der Waals surface area contributed by atoms with Gasteiger partial charge in [-0.15, -0.1) is 0 Å². The molecule has 0 amide bonds. The van der Waals surface area contributed by atoms with Crippen molar-refractivity contribution >= 4 is 24.0 Å². The Kier molecular flexibility index (Phi) is 5.61. The number of rotatable bonds is 3. The smallest absolute Gasteiger partial charge is 0.0720 e. The summed E-state index contributed by atoms with van der Waals surface area (Å²) < 4.78 is 0. The van der Waals surface area contributed by atoms with Gasteiger partial charge >= 0.3 is 0 Å². The Morgan fingerprint density at radius 1 is 0.600 bits per heavy atom. The minimum atomic E-state index is -0.557. The number of aromatic nitrogens is 1. The molecule has 2 aromatic carbocycles. The molecule has 0 saturated heterocycles. The zero-order valence-electron chi connectivity index (χ0n) is 10.8. The predicted octanol–water partition coefficient (Wildman–Crippen LogP) is 2.84. The second-order valence-corrected chi connectivity index (χ2v) is 6.36. The van der Waals surface area contributed by atoms with E-state index in [-0.39, 0.29) is 20.1 Å². The average molecular weight is 455 g/mol. The number of benzene rings is 2. The van der Waals surface area contributed by atoms with Crippen LogP contribution in [0.5, 0.6) is 0 Å². The number of pyridine rings is 1. The average Bonchev–Trinajstić information content (AvgIpc) is 2.51. The molecule has 0 aliphatic heterocycles. The van der Waals surface area contributed by atoms with Crippen LogP contribution in [0.3, 0.4) is 0 Å². The van der Waals surface area contributed by atoms with E-state index in [1.807, 2.05) is 12.3 Å². The predicted molar refractivity (Wildman–Crippen MR) is 82.9 cm³/mol. The van der Waals surface area contributed by atoms with Crippen LogP contribution in [0, 0.1) is 0 Å². The van der Waals surface area contributed by atoms with E-state index < -0.39 is 7.92 Å². The molecule has 0 N–H and O–H groups in total. The Hall–Kier alpha value is -1.33. The van der Waals surface area contributed by atoms with Crippen LogP contribution in [-0.4, -0.2) is 4.98 Å². The molecule has 0 aliphatic carbocycles. The van der Waals surface area contributed by atoms with Crippen molar-refractivity contribution in [2.45, 2.75) is 0 Å². The van der Waals surface area contributed by atoms with Gasteiger partial charge in [-0.2, -0.15) is 0 Å². The number of nitrogens with zero attached hydrogens (tertiary/aromatic N) is 1. The van der Waals surface area contributed by atoms with Gasteiger partial charge in [0.15, 0.2) is 0 Å². The standard InChI is InChI=1S/C17H14NP.Ir/c1-3-9-15(10-4-1)19(16-11-5-2-6-12-16)17-13-7-8-14-18-17;/h1-14H;. The Labute approximate surface area is 134 Å². The zero-order chi connectivity index (χ0) is 12.9. The molecule has 1 aromatic heterocycles. The summed E-state index contributed by atoms with van der Waals surface area (Å²) in [5, 5.41) is 2.67. The largest absolute Gasteiger partial charge is 0.256 e. The molecule has 0 atom stereocenters. The first-order valence-electron chi connectivity index (χ1n) is 6.26. The summed E-state index contributed by atoms with van der Waals surface area (Å²) in [4.78, 5) is 4.56. The van der Waals surface area contributed by atoms with Crippen molar-refractivity contribution in [3.8, 4) is 0 Å². The van der Waals surface area contributed by atoms with Gasteiger partial charge in [-0.05, 0) is 22.7 Å². The number of hydrogen-bond acceptors (Lipinski definition) is 1. The normalized spacial score (nSPS) is 10.1. The van der Waals surface area contributed by atoms with Gasteiger partial charge in [-0.25, -0.2) is 0 Å². The van der Waals surface area contributed by atoms with Crippen LogP contribution in [0.1, 0.15) is 0 Å². The number of hydrogen-bond donors (Lipinski definition) is 0. The van der Waals surface area contributed by atoms with Gasteiger partial charge in [-0.1, -0.05) is 66.7 Å². The molecule has 3 rings (SSSR count). The summed E-state index contributed by atoms with van der Waals surface area (Å²) in [6.07, 6.45) is 1.87. The van der Waals surface area contributed by atoms with Crippen molar-refractivity contribution in [1.82, 2.24) is 4.98 Å². The van der Waals surface area contributed by atoms with Gasteiger partial charge in [-0.3, -0.25) is 4.98 Å². The van der Waals surface area contributed by atoms with Crippen LogP contribution < -0.4 is 16.0 Å². The maximum atomic E-state index is 4.56. The van der Waals surface area contributed by atoms with E-state index in [0.717, 1.165) is 5.44 Å². The van der Waals surface area contributed by atoms with Crippen LogP contribution in [0.15, 0.2) is 85.1 Å². The Bertz CT molecular complexity index is 535. The molecule has 101 valence electrons. The monoisotopic (exact) mass is 456 g/mol. The fourth-order valence-corrected chi connectivity index (χ4v) is 4.24. The Balaban J connectivity index is 0.00000147. The molecule has 1 radical (unpaired) electrons. The molecule has 1 nitrogen and oxygen atoms in total. The van der Waals surface area contributed by atoms with Crippen molar-refractivity contribution in [2.24, 2.45) is 0 Å². The summed E-state index contributed by atoms with van der Waals surface area (Å²) in [6.45, 7) is 0. The minimum Gasteiger partial charge on any atom is -0.256 e. The molecule has 0 spiro atoms. The van der Waals surface area contributed by atoms with E-state index in [9.17, 15) is 0 Å². The van der Waals surface area contributed by atoms with Crippen LogP contribution in [0.4, 0.5) is 0 Å². The maximum Gasteiger partial charge on any atom is 0.0720 e. The molecule has 1 heterocycles. The summed E-state index contributed by atoms with van der Waals surface area (Å²) in [5.74, 6) is 0. The second-order valence-electron chi connectivity index (χ2n) is 4.19. The molecular weight excluding hydrogens is 441 g/mol. The van der Waals surface area contributed by atoms with E-state index in [0.29, 0.717) is 0 Å². The van der Waals surface area contributed by atoms with Gasteiger partial charge in [0.25, 0.3) is 0 Å². The van der Waals surface area contributed by atoms with Crippen molar-refractivity contribution in [1.29, 1.82) is 0 Å². The summed E-state index contributed by atoms with van der Waals surface area (Å²) in [7, 11) is -0.557. The van der Waals surface area contributed by atoms with Crippen molar-refractivity contribution in [3.05, 3.63) is 85.1 Å². The summed E-state index contributed by atoms with van der Waals surface area (Å²) in [5.41, 5.74) is 1.15. The molecule has 3 aromatic rings. The third kappa shape index (κ3) is 3.41. The molecule has 0 unspecified atom stereocenters. The van der Waals surface area contributed by atoms with Crippen LogP contribution in [0.25, 0.3) is 0 Å². The quantitative estimate of drug-likeness (QED) is 0.554. The van der Waals surface area contributed by atoms with Crippen LogP contribution in [-0.2, 0) is 20.1 Å².